The minimum absolute atomic E-state index is 0.712. The van der Waals surface area contributed by atoms with E-state index in [1.807, 2.05) is 0 Å². The van der Waals surface area contributed by atoms with Gasteiger partial charge in [-0.05, 0) is 67.1 Å². The van der Waals surface area contributed by atoms with E-state index in [2.05, 4.69) is 34.6 Å². The second-order valence-electron chi connectivity index (χ2n) is 12.6. The van der Waals surface area contributed by atoms with Crippen molar-refractivity contribution in [2.75, 3.05) is 0 Å². The molecule has 2 aliphatic rings. The molecular weight excluding hydrogens is 372 g/mol. The molecule has 2 saturated carbocycles. The van der Waals surface area contributed by atoms with Crippen LogP contribution in [-0.4, -0.2) is 0 Å². The van der Waals surface area contributed by atoms with Crippen LogP contribution in [0.15, 0.2) is 0 Å². The highest BCUT2D eigenvalue weighted by Crippen LogP contribution is 2.54. The van der Waals surface area contributed by atoms with Gasteiger partial charge in [0.2, 0.25) is 0 Å². The molecule has 2 fully saturated rings. The van der Waals surface area contributed by atoms with Crippen molar-refractivity contribution < 1.29 is 0 Å². The molecule has 2 aliphatic carbocycles. The van der Waals surface area contributed by atoms with Gasteiger partial charge in [-0.3, -0.25) is 0 Å². The Kier molecular flexibility index (Phi) is 13.2. The van der Waals surface area contributed by atoms with Gasteiger partial charge >= 0.3 is 0 Å². The number of hydrogen-bond acceptors (Lipinski definition) is 0. The van der Waals surface area contributed by atoms with Crippen molar-refractivity contribution in [3.8, 4) is 0 Å². The number of hydrogen-bond donors (Lipinski definition) is 0. The van der Waals surface area contributed by atoms with Gasteiger partial charge in [0.25, 0.3) is 0 Å². The minimum atomic E-state index is 0.712. The van der Waals surface area contributed by atoms with Crippen LogP contribution in [0.3, 0.4) is 0 Å². The molecule has 0 aromatic rings. The predicted molar refractivity (Wildman–Crippen MR) is 141 cm³/mol. The maximum atomic E-state index is 2.56. The van der Waals surface area contributed by atoms with Crippen LogP contribution >= 0.6 is 0 Å². The highest BCUT2D eigenvalue weighted by atomic mass is 14.5. The summed E-state index contributed by atoms with van der Waals surface area (Å²) in [6.45, 7) is 12.4. The average Bonchev–Trinajstić information content (AvgIpc) is 3.55. The summed E-state index contributed by atoms with van der Waals surface area (Å²) >= 11 is 0. The fraction of sp³-hybridized carbons (Fsp3) is 1.00. The SMILES string of the molecule is CCCCC(C)CCCCCCCCCCCCC(C)C1CC1CCC1(C)CCC1C. The molecule has 31 heavy (non-hydrogen) atoms. The summed E-state index contributed by atoms with van der Waals surface area (Å²) in [6.07, 6.45) is 29.7. The number of unbranched alkanes of at least 4 members (excludes halogenated alkanes) is 10. The second kappa shape index (κ2) is 15.0. The fourth-order valence-corrected chi connectivity index (χ4v) is 6.40. The Morgan fingerprint density at radius 2 is 1.32 bits per heavy atom. The Hall–Kier alpha value is 0. The quantitative estimate of drug-likeness (QED) is 0.168. The van der Waals surface area contributed by atoms with Crippen molar-refractivity contribution in [3.05, 3.63) is 0 Å². The average molecular weight is 433 g/mol. The molecule has 0 nitrogen and oxygen atoms in total. The number of rotatable bonds is 20. The first kappa shape index (κ1) is 27.2. The van der Waals surface area contributed by atoms with Gasteiger partial charge in [0.1, 0.15) is 0 Å². The molecule has 0 radical (unpaired) electrons. The molecule has 0 heteroatoms. The molecule has 0 heterocycles. The van der Waals surface area contributed by atoms with Crippen molar-refractivity contribution in [1.29, 1.82) is 0 Å². The van der Waals surface area contributed by atoms with Gasteiger partial charge in [-0.15, -0.1) is 0 Å². The topological polar surface area (TPSA) is 0 Å². The maximum Gasteiger partial charge on any atom is -0.0300 e. The third-order valence-electron chi connectivity index (χ3n) is 9.79. The lowest BCUT2D eigenvalue weighted by Crippen LogP contribution is -2.35. The van der Waals surface area contributed by atoms with Crippen LogP contribution in [0.25, 0.3) is 0 Å². The minimum Gasteiger partial charge on any atom is -0.0654 e. The van der Waals surface area contributed by atoms with Crippen LogP contribution in [0.2, 0.25) is 0 Å². The molecular formula is C31H60. The summed E-state index contributed by atoms with van der Waals surface area (Å²) in [6, 6.07) is 0. The molecule has 0 aliphatic heterocycles. The van der Waals surface area contributed by atoms with Gasteiger partial charge in [-0.25, -0.2) is 0 Å². The van der Waals surface area contributed by atoms with Crippen LogP contribution in [-0.2, 0) is 0 Å². The van der Waals surface area contributed by atoms with Crippen molar-refractivity contribution in [2.45, 2.75) is 163 Å². The van der Waals surface area contributed by atoms with Gasteiger partial charge in [0.05, 0.1) is 0 Å². The summed E-state index contributed by atoms with van der Waals surface area (Å²) in [5, 5.41) is 0. The molecule has 6 atom stereocenters. The first-order valence-electron chi connectivity index (χ1n) is 15.0. The first-order valence-corrected chi connectivity index (χ1v) is 15.0. The van der Waals surface area contributed by atoms with Crippen molar-refractivity contribution in [1.82, 2.24) is 0 Å². The van der Waals surface area contributed by atoms with Crippen LogP contribution in [0.4, 0.5) is 0 Å². The molecule has 0 aromatic carbocycles. The molecule has 0 aromatic heterocycles. The molecule has 0 spiro atoms. The van der Waals surface area contributed by atoms with E-state index in [0.29, 0.717) is 5.41 Å². The summed E-state index contributed by atoms with van der Waals surface area (Å²) in [5.74, 6) is 5.15. The first-order chi connectivity index (χ1) is 15.0. The lowest BCUT2D eigenvalue weighted by Gasteiger charge is -2.46. The summed E-state index contributed by atoms with van der Waals surface area (Å²) in [7, 11) is 0. The Morgan fingerprint density at radius 3 is 1.84 bits per heavy atom. The van der Waals surface area contributed by atoms with Crippen molar-refractivity contribution in [3.63, 3.8) is 0 Å². The van der Waals surface area contributed by atoms with E-state index in [0.717, 1.165) is 29.6 Å². The standard InChI is InChI=1S/C31H60/c1-6-7-18-26(2)19-16-14-12-10-8-9-11-13-15-17-20-27(3)30-25-29(30)22-24-31(5)23-21-28(31)4/h26-30H,6-25H2,1-5H3. The van der Waals surface area contributed by atoms with Crippen LogP contribution in [0.5, 0.6) is 0 Å². The molecule has 0 N–H and O–H groups in total. The summed E-state index contributed by atoms with van der Waals surface area (Å²) in [5.41, 5.74) is 0.712. The van der Waals surface area contributed by atoms with E-state index < -0.39 is 0 Å². The van der Waals surface area contributed by atoms with Crippen LogP contribution < -0.4 is 0 Å². The normalized spacial score (nSPS) is 29.5. The smallest absolute Gasteiger partial charge is 0.0300 e. The molecule has 0 amide bonds. The highest BCUT2D eigenvalue weighted by Gasteiger charge is 2.44. The molecule has 0 bridgehead atoms. The fourth-order valence-electron chi connectivity index (χ4n) is 6.40. The Balaban J connectivity index is 1.31. The molecule has 2 rings (SSSR count). The molecule has 6 unspecified atom stereocenters. The Bertz CT molecular complexity index is 439. The second-order valence-corrected chi connectivity index (χ2v) is 12.6. The lowest BCUT2D eigenvalue weighted by molar-refractivity contribution is 0.0505. The van der Waals surface area contributed by atoms with E-state index in [9.17, 15) is 0 Å². The monoisotopic (exact) mass is 432 g/mol. The molecule has 184 valence electrons. The van der Waals surface area contributed by atoms with Crippen molar-refractivity contribution >= 4 is 0 Å². The third kappa shape index (κ3) is 10.6. The van der Waals surface area contributed by atoms with E-state index >= 15 is 0 Å². The van der Waals surface area contributed by atoms with E-state index in [4.69, 9.17) is 0 Å². The van der Waals surface area contributed by atoms with Gasteiger partial charge in [-0.2, -0.15) is 0 Å². The third-order valence-corrected chi connectivity index (χ3v) is 9.79. The summed E-state index contributed by atoms with van der Waals surface area (Å²) in [4.78, 5) is 0. The van der Waals surface area contributed by atoms with E-state index in [-0.39, 0.29) is 0 Å². The largest absolute Gasteiger partial charge is 0.0654 e. The Morgan fingerprint density at radius 1 is 0.774 bits per heavy atom. The van der Waals surface area contributed by atoms with Crippen molar-refractivity contribution in [2.24, 2.45) is 35.0 Å². The highest BCUT2D eigenvalue weighted by molar-refractivity contribution is 4.94. The van der Waals surface area contributed by atoms with Gasteiger partial charge in [0.15, 0.2) is 0 Å². The predicted octanol–water partition coefficient (Wildman–Crippen LogP) is 11.0. The van der Waals surface area contributed by atoms with Gasteiger partial charge < -0.3 is 0 Å². The van der Waals surface area contributed by atoms with Gasteiger partial charge in [-0.1, -0.05) is 131 Å². The van der Waals surface area contributed by atoms with E-state index in [1.54, 1.807) is 6.42 Å². The zero-order chi connectivity index (χ0) is 22.5. The van der Waals surface area contributed by atoms with E-state index in [1.165, 1.54) is 122 Å². The van der Waals surface area contributed by atoms with Gasteiger partial charge in [0, 0.05) is 0 Å². The van der Waals surface area contributed by atoms with Crippen LogP contribution in [0, 0.1) is 35.0 Å². The maximum absolute atomic E-state index is 2.56. The Labute approximate surface area is 198 Å². The van der Waals surface area contributed by atoms with Crippen LogP contribution in [0.1, 0.15) is 163 Å². The summed E-state index contributed by atoms with van der Waals surface area (Å²) < 4.78 is 0. The zero-order valence-electron chi connectivity index (χ0n) is 22.5. The lowest BCUT2D eigenvalue weighted by atomic mass is 9.60. The zero-order valence-corrected chi connectivity index (χ0v) is 22.5. The molecule has 0 saturated heterocycles.